The van der Waals surface area contributed by atoms with Crippen molar-refractivity contribution in [2.24, 2.45) is 0 Å². The number of likely N-dealkylation sites (tertiary alicyclic amines) is 1. The number of carbonyl (C=O) groups is 3. The van der Waals surface area contributed by atoms with Crippen molar-refractivity contribution in [3.8, 4) is 0 Å². The maximum atomic E-state index is 12.9. The van der Waals surface area contributed by atoms with Crippen LogP contribution in [0.3, 0.4) is 0 Å². The van der Waals surface area contributed by atoms with Crippen molar-refractivity contribution in [2.45, 2.75) is 58.1 Å². The van der Waals surface area contributed by atoms with E-state index in [9.17, 15) is 14.4 Å². The predicted molar refractivity (Wildman–Crippen MR) is 93.6 cm³/mol. The summed E-state index contributed by atoms with van der Waals surface area (Å²) in [6, 6.07) is -0.00759. The molecule has 2 fully saturated rings. The van der Waals surface area contributed by atoms with Crippen molar-refractivity contribution in [3.63, 3.8) is 0 Å². The first-order valence-corrected chi connectivity index (χ1v) is 9.56. The minimum atomic E-state index is -0.416. The molecular weight excluding hydrogens is 340 g/mol. The molecule has 0 radical (unpaired) electrons. The third-order valence-electron chi connectivity index (χ3n) is 4.78. The summed E-state index contributed by atoms with van der Waals surface area (Å²) < 4.78 is 15.6. The molecule has 0 aromatic heterocycles. The van der Waals surface area contributed by atoms with E-state index in [2.05, 4.69) is 0 Å². The van der Waals surface area contributed by atoms with E-state index in [1.165, 1.54) is 0 Å². The minimum absolute atomic E-state index is 0.00759. The molecule has 0 saturated carbocycles. The number of amides is 2. The number of esters is 1. The van der Waals surface area contributed by atoms with Gasteiger partial charge in [0.1, 0.15) is 6.10 Å². The average Bonchev–Trinajstić information content (AvgIpc) is 3.17. The van der Waals surface area contributed by atoms with Crippen LogP contribution in [-0.2, 0) is 23.8 Å². The van der Waals surface area contributed by atoms with Crippen LogP contribution in [0.25, 0.3) is 0 Å². The molecule has 2 heterocycles. The van der Waals surface area contributed by atoms with Gasteiger partial charge >= 0.3 is 12.1 Å². The summed E-state index contributed by atoms with van der Waals surface area (Å²) in [6.07, 6.45) is 2.37. The van der Waals surface area contributed by atoms with E-state index >= 15 is 0 Å². The lowest BCUT2D eigenvalue weighted by molar-refractivity contribution is -0.148. The molecule has 8 heteroatoms. The van der Waals surface area contributed by atoms with Crippen molar-refractivity contribution >= 4 is 18.0 Å². The molecule has 26 heavy (non-hydrogen) atoms. The molecule has 2 amide bonds. The van der Waals surface area contributed by atoms with Gasteiger partial charge in [0.2, 0.25) is 0 Å². The van der Waals surface area contributed by atoms with Crippen molar-refractivity contribution in [1.82, 2.24) is 9.80 Å². The van der Waals surface area contributed by atoms with Crippen molar-refractivity contribution in [2.75, 3.05) is 39.5 Å². The van der Waals surface area contributed by atoms with Crippen LogP contribution < -0.4 is 0 Å². The van der Waals surface area contributed by atoms with Gasteiger partial charge in [-0.1, -0.05) is 0 Å². The van der Waals surface area contributed by atoms with Crippen LogP contribution in [0.5, 0.6) is 0 Å². The lowest BCUT2D eigenvalue weighted by Crippen LogP contribution is -2.51. The van der Waals surface area contributed by atoms with E-state index in [1.54, 1.807) is 23.6 Å². The third-order valence-corrected chi connectivity index (χ3v) is 4.78. The maximum absolute atomic E-state index is 12.9. The summed E-state index contributed by atoms with van der Waals surface area (Å²) in [5.74, 6) is -0.358. The summed E-state index contributed by atoms with van der Waals surface area (Å²) in [4.78, 5) is 39.9. The topological polar surface area (TPSA) is 85.4 Å². The fraction of sp³-hybridized carbons (Fsp3) is 0.833. The highest BCUT2D eigenvalue weighted by atomic mass is 16.6. The Kier molecular flexibility index (Phi) is 8.15. The van der Waals surface area contributed by atoms with E-state index in [1.807, 2.05) is 0 Å². The molecule has 2 aliphatic heterocycles. The molecule has 0 aliphatic carbocycles. The van der Waals surface area contributed by atoms with E-state index in [4.69, 9.17) is 14.2 Å². The molecule has 2 aliphatic rings. The molecule has 0 aromatic carbocycles. The summed E-state index contributed by atoms with van der Waals surface area (Å²) in [7, 11) is 0. The zero-order valence-electron chi connectivity index (χ0n) is 15.8. The maximum Gasteiger partial charge on any atom is 0.409 e. The molecule has 0 bridgehead atoms. The number of rotatable bonds is 7. The molecule has 8 nitrogen and oxygen atoms in total. The Morgan fingerprint density at radius 3 is 2.35 bits per heavy atom. The highest BCUT2D eigenvalue weighted by Gasteiger charge is 2.35. The van der Waals surface area contributed by atoms with E-state index in [-0.39, 0.29) is 30.4 Å². The average molecular weight is 370 g/mol. The van der Waals surface area contributed by atoms with Gasteiger partial charge < -0.3 is 24.0 Å². The van der Waals surface area contributed by atoms with Gasteiger partial charge in [0.05, 0.1) is 19.6 Å². The van der Waals surface area contributed by atoms with Gasteiger partial charge in [-0.15, -0.1) is 0 Å². The first kappa shape index (κ1) is 20.5. The summed E-state index contributed by atoms with van der Waals surface area (Å²) >= 11 is 0. The Labute approximate surface area is 154 Å². The van der Waals surface area contributed by atoms with E-state index in [0.717, 1.165) is 12.8 Å². The van der Waals surface area contributed by atoms with Gasteiger partial charge in [0.25, 0.3) is 5.91 Å². The number of piperidine rings is 1. The molecule has 1 unspecified atom stereocenters. The second kappa shape index (κ2) is 10.4. The minimum Gasteiger partial charge on any atom is -0.466 e. The summed E-state index contributed by atoms with van der Waals surface area (Å²) in [5.41, 5.74) is 0. The molecule has 1 atom stereocenters. The molecule has 148 valence electrons. The van der Waals surface area contributed by atoms with Crippen LogP contribution in [0.2, 0.25) is 0 Å². The molecule has 2 rings (SSSR count). The number of carbonyl (C=O) groups excluding carboxylic acids is 3. The fourth-order valence-corrected chi connectivity index (χ4v) is 3.45. The standard InChI is InChI=1S/C18H30N2O6/c1-3-24-16(21)9-12-20(17(22)15-6-5-13-26-15)14-7-10-19(11-8-14)18(23)25-4-2/h14-15H,3-13H2,1-2H3. The lowest BCUT2D eigenvalue weighted by atomic mass is 10.0. The lowest BCUT2D eigenvalue weighted by Gasteiger charge is -2.39. The molecular formula is C18H30N2O6. The van der Waals surface area contributed by atoms with E-state index in [0.29, 0.717) is 52.3 Å². The summed E-state index contributed by atoms with van der Waals surface area (Å²) in [6.45, 7) is 6.22. The first-order chi connectivity index (χ1) is 12.6. The van der Waals surface area contributed by atoms with Crippen LogP contribution in [0.15, 0.2) is 0 Å². The first-order valence-electron chi connectivity index (χ1n) is 9.56. The van der Waals surface area contributed by atoms with Gasteiger partial charge in [0, 0.05) is 32.3 Å². The monoisotopic (exact) mass is 370 g/mol. The SMILES string of the molecule is CCOC(=O)CCN(C(=O)C1CCCO1)C1CCN(C(=O)OCC)CC1. The zero-order valence-corrected chi connectivity index (χ0v) is 15.8. The number of hydrogen-bond donors (Lipinski definition) is 0. The second-order valence-electron chi connectivity index (χ2n) is 6.51. The highest BCUT2D eigenvalue weighted by molar-refractivity contribution is 5.82. The highest BCUT2D eigenvalue weighted by Crippen LogP contribution is 2.22. The Morgan fingerprint density at radius 2 is 1.77 bits per heavy atom. The normalized spacial score (nSPS) is 20.7. The number of nitrogens with zero attached hydrogens (tertiary/aromatic N) is 2. The zero-order chi connectivity index (χ0) is 18.9. The van der Waals surface area contributed by atoms with Gasteiger partial charge in [-0.3, -0.25) is 9.59 Å². The molecule has 2 saturated heterocycles. The number of hydrogen-bond acceptors (Lipinski definition) is 6. The Hall–Kier alpha value is -1.83. The van der Waals surface area contributed by atoms with Crippen molar-refractivity contribution < 1.29 is 28.6 Å². The van der Waals surface area contributed by atoms with Crippen LogP contribution in [0, 0.1) is 0 Å². The Balaban J connectivity index is 1.95. The largest absolute Gasteiger partial charge is 0.466 e. The summed E-state index contributed by atoms with van der Waals surface area (Å²) in [5, 5.41) is 0. The fourth-order valence-electron chi connectivity index (χ4n) is 3.45. The van der Waals surface area contributed by atoms with Crippen LogP contribution in [0.4, 0.5) is 4.79 Å². The van der Waals surface area contributed by atoms with Gasteiger partial charge in [-0.05, 0) is 39.5 Å². The van der Waals surface area contributed by atoms with Crippen molar-refractivity contribution in [1.29, 1.82) is 0 Å². The van der Waals surface area contributed by atoms with Gasteiger partial charge in [-0.25, -0.2) is 4.79 Å². The quantitative estimate of drug-likeness (QED) is 0.633. The Bertz CT molecular complexity index is 484. The van der Waals surface area contributed by atoms with Gasteiger partial charge in [-0.2, -0.15) is 0 Å². The van der Waals surface area contributed by atoms with Gasteiger partial charge in [0.15, 0.2) is 0 Å². The van der Waals surface area contributed by atoms with E-state index < -0.39 is 6.10 Å². The smallest absolute Gasteiger partial charge is 0.409 e. The molecule has 0 N–H and O–H groups in total. The molecule has 0 aromatic rings. The van der Waals surface area contributed by atoms with Crippen molar-refractivity contribution in [3.05, 3.63) is 0 Å². The molecule has 0 spiro atoms. The Morgan fingerprint density at radius 1 is 1.08 bits per heavy atom. The third kappa shape index (κ3) is 5.59. The van der Waals surface area contributed by atoms with Crippen LogP contribution in [-0.4, -0.2) is 79.4 Å². The van der Waals surface area contributed by atoms with Crippen LogP contribution >= 0.6 is 0 Å². The second-order valence-corrected chi connectivity index (χ2v) is 6.51. The number of ether oxygens (including phenoxy) is 3. The predicted octanol–water partition coefficient (Wildman–Crippen LogP) is 1.57. The van der Waals surface area contributed by atoms with Crippen LogP contribution in [0.1, 0.15) is 46.0 Å².